The number of nitrogens with two attached hydrogens (primary N) is 2. The van der Waals surface area contributed by atoms with Crippen molar-refractivity contribution < 1.29 is 29.4 Å². The predicted octanol–water partition coefficient (Wildman–Crippen LogP) is -3.50. The maximum Gasteiger partial charge on any atom is 0.303 e. The van der Waals surface area contributed by atoms with E-state index in [1.54, 1.807) is 0 Å². The highest BCUT2D eigenvalue weighted by atomic mass is 16.4. The van der Waals surface area contributed by atoms with Gasteiger partial charge in [0.2, 0.25) is 11.8 Å². The van der Waals surface area contributed by atoms with Gasteiger partial charge in [-0.2, -0.15) is 0 Å². The molecule has 1 saturated heterocycles. The van der Waals surface area contributed by atoms with E-state index in [1.165, 1.54) is 0 Å². The van der Waals surface area contributed by atoms with Crippen LogP contribution in [0.1, 0.15) is 38.5 Å². The Balaban J connectivity index is 2.68. The maximum absolute atomic E-state index is 12.4. The molecule has 14 heteroatoms. The average molecular weight is 517 g/mol. The Morgan fingerprint density at radius 1 is 0.611 bits per heavy atom. The lowest BCUT2D eigenvalue weighted by atomic mass is 9.97. The van der Waals surface area contributed by atoms with E-state index in [2.05, 4.69) is 31.9 Å². The minimum Gasteiger partial charge on any atom is -0.481 e. The SMILES string of the molecule is NC[C@]1(NC(=O)CCCC(=O)O)CNCCNC[C@](CN)(NC(=O)CCCC(=O)O)CNCCNC1. The summed E-state index contributed by atoms with van der Waals surface area (Å²) in [5.41, 5.74) is 10.6. The van der Waals surface area contributed by atoms with Crippen LogP contribution in [0, 0.1) is 0 Å². The summed E-state index contributed by atoms with van der Waals surface area (Å²) in [4.78, 5) is 46.2. The molecule has 12 N–H and O–H groups in total. The van der Waals surface area contributed by atoms with Crippen LogP contribution in [0.2, 0.25) is 0 Å². The summed E-state index contributed by atoms with van der Waals surface area (Å²) in [6.45, 7) is 4.32. The Morgan fingerprint density at radius 3 is 1.17 bits per heavy atom. The van der Waals surface area contributed by atoms with Crippen LogP contribution in [0.15, 0.2) is 0 Å². The van der Waals surface area contributed by atoms with Gasteiger partial charge in [-0.25, -0.2) is 0 Å². The second kappa shape index (κ2) is 17.2. The fraction of sp³-hybridized carbons (Fsp3) is 0.818. The zero-order valence-electron chi connectivity index (χ0n) is 21.0. The Kier molecular flexibility index (Phi) is 15.1. The zero-order valence-corrected chi connectivity index (χ0v) is 21.0. The predicted molar refractivity (Wildman–Crippen MR) is 134 cm³/mol. The number of amides is 2. The molecule has 1 aliphatic heterocycles. The van der Waals surface area contributed by atoms with Gasteiger partial charge in [0.1, 0.15) is 0 Å². The first-order chi connectivity index (χ1) is 17.2. The molecule has 0 radical (unpaired) electrons. The van der Waals surface area contributed by atoms with Gasteiger partial charge in [0.15, 0.2) is 0 Å². The molecule has 0 aromatic rings. The minimum absolute atomic E-state index is 0.0655. The normalized spacial score (nSPS) is 24.3. The summed E-state index contributed by atoms with van der Waals surface area (Å²) < 4.78 is 0. The van der Waals surface area contributed by atoms with Crippen LogP contribution in [-0.2, 0) is 19.2 Å². The van der Waals surface area contributed by atoms with Crippen LogP contribution < -0.4 is 43.4 Å². The number of carbonyl (C=O) groups is 4. The molecule has 0 unspecified atom stereocenters. The van der Waals surface area contributed by atoms with Gasteiger partial charge >= 0.3 is 11.9 Å². The van der Waals surface area contributed by atoms with E-state index in [1.807, 2.05) is 0 Å². The number of nitrogens with one attached hydrogen (secondary N) is 6. The summed E-state index contributed by atoms with van der Waals surface area (Å²) in [7, 11) is 0. The van der Waals surface area contributed by atoms with E-state index in [0.717, 1.165) is 0 Å². The van der Waals surface area contributed by atoms with Gasteiger partial charge in [-0.1, -0.05) is 0 Å². The molecule has 1 fully saturated rings. The van der Waals surface area contributed by atoms with Gasteiger partial charge in [-0.3, -0.25) is 19.2 Å². The molecule has 14 nitrogen and oxygen atoms in total. The first kappa shape index (κ1) is 31.7. The summed E-state index contributed by atoms with van der Waals surface area (Å²) in [5.74, 6) is -2.35. The van der Waals surface area contributed by atoms with E-state index in [4.69, 9.17) is 21.7 Å². The van der Waals surface area contributed by atoms with Gasteiger partial charge in [-0.15, -0.1) is 0 Å². The minimum atomic E-state index is -0.936. The van der Waals surface area contributed by atoms with Crippen molar-refractivity contribution in [2.24, 2.45) is 11.5 Å². The van der Waals surface area contributed by atoms with E-state index < -0.39 is 23.0 Å². The molecule has 0 spiro atoms. The lowest BCUT2D eigenvalue weighted by Crippen LogP contribution is -2.66. The van der Waals surface area contributed by atoms with Crippen molar-refractivity contribution in [3.8, 4) is 0 Å². The van der Waals surface area contributed by atoms with Gasteiger partial charge < -0.3 is 53.6 Å². The Labute approximate surface area is 212 Å². The molecular formula is C22H44N8O6. The number of carboxylic acid groups (broad SMARTS) is 2. The van der Waals surface area contributed by atoms with Crippen molar-refractivity contribution in [2.45, 2.75) is 49.6 Å². The van der Waals surface area contributed by atoms with Crippen molar-refractivity contribution >= 4 is 23.8 Å². The Bertz CT molecular complexity index is 634. The molecule has 1 aliphatic rings. The second-order valence-corrected chi connectivity index (χ2v) is 9.27. The molecule has 1 rings (SSSR count). The molecule has 0 aliphatic carbocycles. The van der Waals surface area contributed by atoms with Crippen LogP contribution in [0.25, 0.3) is 0 Å². The molecule has 0 atom stereocenters. The number of rotatable bonds is 12. The molecule has 0 saturated carbocycles. The molecule has 208 valence electrons. The fourth-order valence-corrected chi connectivity index (χ4v) is 3.87. The van der Waals surface area contributed by atoms with Gasteiger partial charge in [0, 0.05) is 91.1 Å². The largest absolute Gasteiger partial charge is 0.481 e. The zero-order chi connectivity index (χ0) is 26.9. The van der Waals surface area contributed by atoms with Crippen LogP contribution in [0.3, 0.4) is 0 Å². The van der Waals surface area contributed by atoms with Gasteiger partial charge in [0.25, 0.3) is 0 Å². The molecule has 36 heavy (non-hydrogen) atoms. The summed E-state index contributed by atoms with van der Waals surface area (Å²) in [5, 5.41) is 36.7. The van der Waals surface area contributed by atoms with E-state index in [9.17, 15) is 19.2 Å². The molecule has 0 aromatic heterocycles. The molecule has 1 heterocycles. The third-order valence-electron chi connectivity index (χ3n) is 5.99. The quantitative estimate of drug-likeness (QED) is 0.122. The maximum atomic E-state index is 12.4. The van der Waals surface area contributed by atoms with Crippen molar-refractivity contribution in [3.63, 3.8) is 0 Å². The number of hydrogen-bond donors (Lipinski definition) is 10. The van der Waals surface area contributed by atoms with Crippen LogP contribution in [-0.4, -0.2) is 110 Å². The highest BCUT2D eigenvalue weighted by molar-refractivity contribution is 5.78. The lowest BCUT2D eigenvalue weighted by molar-refractivity contribution is -0.138. The molecule has 0 bridgehead atoms. The smallest absolute Gasteiger partial charge is 0.303 e. The molecule has 2 amide bonds. The number of aliphatic carboxylic acids is 2. The fourth-order valence-electron chi connectivity index (χ4n) is 3.87. The third kappa shape index (κ3) is 13.1. The summed E-state index contributed by atoms with van der Waals surface area (Å²) in [6.07, 6.45) is 0.611. The van der Waals surface area contributed by atoms with Crippen LogP contribution >= 0.6 is 0 Å². The van der Waals surface area contributed by atoms with Crippen molar-refractivity contribution in [1.82, 2.24) is 31.9 Å². The van der Waals surface area contributed by atoms with E-state index >= 15 is 0 Å². The van der Waals surface area contributed by atoms with Crippen LogP contribution in [0.5, 0.6) is 0 Å². The summed E-state index contributed by atoms with van der Waals surface area (Å²) >= 11 is 0. The molecule has 0 aromatic carbocycles. The topological polar surface area (TPSA) is 233 Å². The number of carbonyl (C=O) groups excluding carboxylic acids is 2. The first-order valence-electron chi connectivity index (χ1n) is 12.4. The molecular weight excluding hydrogens is 472 g/mol. The van der Waals surface area contributed by atoms with E-state index in [-0.39, 0.29) is 63.4 Å². The highest BCUT2D eigenvalue weighted by Gasteiger charge is 2.32. The Hall–Kier alpha value is -2.36. The first-order valence-corrected chi connectivity index (χ1v) is 12.4. The number of carboxylic acids is 2. The van der Waals surface area contributed by atoms with Crippen LogP contribution in [0.4, 0.5) is 0 Å². The van der Waals surface area contributed by atoms with Crippen molar-refractivity contribution in [3.05, 3.63) is 0 Å². The van der Waals surface area contributed by atoms with Crippen molar-refractivity contribution in [1.29, 1.82) is 0 Å². The third-order valence-corrected chi connectivity index (χ3v) is 5.99. The standard InChI is InChI=1S/C22H44N8O6/c23-11-21(29-17(31)3-1-5-19(33)34)13-25-7-9-27-15-22(12-24,16-28-10-8-26-14-21)30-18(32)4-2-6-20(35)36/h25-28H,1-16,23-24H2,(H,29,31)(H,30,32)(H,33,34)(H,35,36)/t21-,22-. The van der Waals surface area contributed by atoms with Crippen molar-refractivity contribution in [2.75, 3.05) is 65.4 Å². The highest BCUT2D eigenvalue weighted by Crippen LogP contribution is 2.06. The second-order valence-electron chi connectivity index (χ2n) is 9.27. The summed E-state index contributed by atoms with van der Waals surface area (Å²) in [6, 6.07) is 0. The lowest BCUT2D eigenvalue weighted by Gasteiger charge is -2.36. The Morgan fingerprint density at radius 2 is 0.917 bits per heavy atom. The monoisotopic (exact) mass is 516 g/mol. The van der Waals surface area contributed by atoms with E-state index in [0.29, 0.717) is 52.4 Å². The number of hydrogen-bond acceptors (Lipinski definition) is 10. The van der Waals surface area contributed by atoms with Gasteiger partial charge in [0.05, 0.1) is 11.1 Å². The average Bonchev–Trinajstić information content (AvgIpc) is 2.82. The van der Waals surface area contributed by atoms with Gasteiger partial charge in [-0.05, 0) is 12.8 Å².